The van der Waals surface area contributed by atoms with Crippen LogP contribution in [0.15, 0.2) is 22.2 Å². The minimum Gasteiger partial charge on any atom is -0.456 e. The van der Waals surface area contributed by atoms with Gasteiger partial charge in [0.1, 0.15) is 11.9 Å². The molecule has 1 saturated heterocycles. The van der Waals surface area contributed by atoms with Crippen molar-refractivity contribution in [1.29, 1.82) is 0 Å². The van der Waals surface area contributed by atoms with Gasteiger partial charge in [-0.1, -0.05) is 19.0 Å². The van der Waals surface area contributed by atoms with Crippen LogP contribution in [0.1, 0.15) is 20.1 Å². The zero-order valence-corrected chi connectivity index (χ0v) is 13.5. The molecule has 136 valence electrons. The first-order valence-corrected chi connectivity index (χ1v) is 7.34. The van der Waals surface area contributed by atoms with Crippen molar-refractivity contribution >= 4 is 11.8 Å². The average Bonchev–Trinajstić information content (AvgIpc) is 2.81. The number of carbonyl (C=O) groups excluding carboxylic acids is 1. The van der Waals surface area contributed by atoms with Crippen molar-refractivity contribution in [2.75, 3.05) is 12.3 Å². The molecule has 2 rings (SSSR count). The number of nitrogen functional groups attached to an aromatic ring is 1. The number of hydrogen-bond acceptors (Lipinski definition) is 9. The Hall–Kier alpha value is -2.66. The summed E-state index contributed by atoms with van der Waals surface area (Å²) < 4.78 is 11.5. The van der Waals surface area contributed by atoms with Crippen LogP contribution in [0.2, 0.25) is 0 Å². The SMILES string of the molecule is CC(C)C(=O)O[C@H]1[C@@H](O)[C@H](n2ccc(N)nc2=O)O[C@@]1(CO)N=[N+]=[N-]. The third-order valence-corrected chi connectivity index (χ3v) is 3.65. The lowest BCUT2D eigenvalue weighted by atomic mass is 10.1. The van der Waals surface area contributed by atoms with Gasteiger partial charge in [0.05, 0.1) is 12.5 Å². The first kappa shape index (κ1) is 18.7. The van der Waals surface area contributed by atoms with Crippen LogP contribution >= 0.6 is 0 Å². The molecule has 0 radical (unpaired) electrons. The van der Waals surface area contributed by atoms with Crippen molar-refractivity contribution in [2.45, 2.75) is 38.0 Å². The maximum atomic E-state index is 12.0. The Morgan fingerprint density at radius 1 is 1.68 bits per heavy atom. The normalized spacial score (nSPS) is 28.6. The second-order valence-corrected chi connectivity index (χ2v) is 5.75. The molecule has 12 nitrogen and oxygen atoms in total. The lowest BCUT2D eigenvalue weighted by Crippen LogP contribution is -2.47. The van der Waals surface area contributed by atoms with Gasteiger partial charge in [0.2, 0.25) is 5.72 Å². The number of anilines is 1. The zero-order chi connectivity index (χ0) is 18.8. The van der Waals surface area contributed by atoms with Crippen LogP contribution in [0, 0.1) is 5.92 Å². The van der Waals surface area contributed by atoms with E-state index in [1.807, 2.05) is 0 Å². The summed E-state index contributed by atoms with van der Waals surface area (Å²) in [4.78, 5) is 30.0. The van der Waals surface area contributed by atoms with Gasteiger partial charge in [-0.25, -0.2) is 4.79 Å². The summed E-state index contributed by atoms with van der Waals surface area (Å²) >= 11 is 0. The molecule has 0 aliphatic carbocycles. The number of nitrogens with two attached hydrogens (primary N) is 1. The summed E-state index contributed by atoms with van der Waals surface area (Å²) in [5, 5.41) is 23.5. The van der Waals surface area contributed by atoms with E-state index in [9.17, 15) is 19.8 Å². The predicted octanol–water partition coefficient (Wildman–Crippen LogP) is -0.718. The molecule has 0 amide bonds. The Balaban J connectivity index is 2.47. The highest BCUT2D eigenvalue weighted by molar-refractivity contribution is 5.71. The van der Waals surface area contributed by atoms with Gasteiger partial charge < -0.3 is 25.4 Å². The number of nitrogens with zero attached hydrogens (tertiary/aromatic N) is 5. The summed E-state index contributed by atoms with van der Waals surface area (Å²) in [6.07, 6.45) is -3.34. The van der Waals surface area contributed by atoms with Gasteiger partial charge in [-0.3, -0.25) is 9.36 Å². The van der Waals surface area contributed by atoms with E-state index >= 15 is 0 Å². The summed E-state index contributed by atoms with van der Waals surface area (Å²) in [5.74, 6) is -1.29. The number of azide groups is 1. The number of aromatic nitrogens is 2. The average molecular weight is 354 g/mol. The number of aliphatic hydroxyl groups is 2. The lowest BCUT2D eigenvalue weighted by Gasteiger charge is -2.28. The largest absolute Gasteiger partial charge is 0.456 e. The maximum absolute atomic E-state index is 12.0. The van der Waals surface area contributed by atoms with Crippen molar-refractivity contribution in [3.8, 4) is 0 Å². The van der Waals surface area contributed by atoms with Crippen LogP contribution < -0.4 is 11.4 Å². The second kappa shape index (κ2) is 7.07. The highest BCUT2D eigenvalue weighted by Gasteiger charge is 2.58. The quantitative estimate of drug-likeness (QED) is 0.267. The molecule has 0 aromatic carbocycles. The number of hydrogen-bond donors (Lipinski definition) is 3. The highest BCUT2D eigenvalue weighted by Crippen LogP contribution is 2.39. The van der Waals surface area contributed by atoms with Crippen LogP contribution in [-0.4, -0.2) is 50.3 Å². The zero-order valence-electron chi connectivity index (χ0n) is 13.5. The van der Waals surface area contributed by atoms with E-state index in [0.717, 1.165) is 4.57 Å². The van der Waals surface area contributed by atoms with Crippen molar-refractivity contribution in [2.24, 2.45) is 11.0 Å². The van der Waals surface area contributed by atoms with Gasteiger partial charge in [-0.2, -0.15) is 4.98 Å². The molecule has 12 heteroatoms. The molecule has 1 aliphatic rings. The standard InChI is InChI=1S/C13H18N6O6/c1-6(2)11(22)24-9-8(21)10(25-13(9,5-20)17-18-15)19-4-3-7(14)16-12(19)23/h3-4,6,8-10,20-21H,5H2,1-2H3,(H2,14,16,23)/t8-,9+,10-,13-/m1/s1. The topological polar surface area (TPSA) is 186 Å². The molecule has 0 saturated carbocycles. The lowest BCUT2D eigenvalue weighted by molar-refractivity contribution is -0.171. The molecule has 2 heterocycles. The Kier molecular flexibility index (Phi) is 5.28. The van der Waals surface area contributed by atoms with E-state index in [1.165, 1.54) is 12.3 Å². The van der Waals surface area contributed by atoms with Gasteiger partial charge >= 0.3 is 11.7 Å². The maximum Gasteiger partial charge on any atom is 0.351 e. The van der Waals surface area contributed by atoms with Crippen molar-refractivity contribution in [3.05, 3.63) is 33.2 Å². The van der Waals surface area contributed by atoms with Crippen molar-refractivity contribution in [1.82, 2.24) is 9.55 Å². The fourth-order valence-corrected chi connectivity index (χ4v) is 2.34. The third kappa shape index (κ3) is 3.42. The van der Waals surface area contributed by atoms with Crippen LogP contribution in [0.25, 0.3) is 10.4 Å². The molecule has 1 aromatic heterocycles. The number of rotatable bonds is 5. The van der Waals surface area contributed by atoms with Gasteiger partial charge in [0, 0.05) is 11.1 Å². The van der Waals surface area contributed by atoms with E-state index in [1.54, 1.807) is 13.8 Å². The van der Waals surface area contributed by atoms with Gasteiger partial charge in [0.15, 0.2) is 12.3 Å². The van der Waals surface area contributed by atoms with Gasteiger partial charge in [-0.15, -0.1) is 0 Å². The molecule has 4 N–H and O–H groups in total. The molecule has 1 aliphatic heterocycles. The number of carbonyl (C=O) groups is 1. The van der Waals surface area contributed by atoms with Crippen LogP contribution in [-0.2, 0) is 14.3 Å². The van der Waals surface area contributed by atoms with Crippen molar-refractivity contribution in [3.63, 3.8) is 0 Å². The smallest absolute Gasteiger partial charge is 0.351 e. The highest BCUT2D eigenvalue weighted by atomic mass is 16.6. The first-order chi connectivity index (χ1) is 11.8. The molecule has 0 unspecified atom stereocenters. The first-order valence-electron chi connectivity index (χ1n) is 7.34. The molecule has 25 heavy (non-hydrogen) atoms. The Bertz CT molecular complexity index is 760. The summed E-state index contributed by atoms with van der Waals surface area (Å²) in [6.45, 7) is 2.23. The van der Waals surface area contributed by atoms with E-state index in [4.69, 9.17) is 20.7 Å². The van der Waals surface area contributed by atoms with Crippen LogP contribution in [0.3, 0.4) is 0 Å². The van der Waals surface area contributed by atoms with Crippen molar-refractivity contribution < 1.29 is 24.5 Å². The fourth-order valence-electron chi connectivity index (χ4n) is 2.34. The monoisotopic (exact) mass is 354 g/mol. The number of ether oxygens (including phenoxy) is 2. The van der Waals surface area contributed by atoms with E-state index in [-0.39, 0.29) is 5.82 Å². The van der Waals surface area contributed by atoms with Crippen LogP contribution in [0.4, 0.5) is 5.82 Å². The minimum absolute atomic E-state index is 0.0417. The molecular formula is C13H18N6O6. The minimum atomic E-state index is -2.09. The Labute approximate surface area is 141 Å². The van der Waals surface area contributed by atoms with E-state index in [2.05, 4.69) is 15.0 Å². The second-order valence-electron chi connectivity index (χ2n) is 5.75. The van der Waals surface area contributed by atoms with Gasteiger partial charge in [-0.05, 0) is 11.6 Å². The molecule has 1 aromatic rings. The predicted molar refractivity (Wildman–Crippen MR) is 82.7 cm³/mol. The molecule has 4 atom stereocenters. The number of aliphatic hydroxyl groups excluding tert-OH is 2. The Morgan fingerprint density at radius 2 is 2.36 bits per heavy atom. The third-order valence-electron chi connectivity index (χ3n) is 3.65. The summed E-state index contributed by atoms with van der Waals surface area (Å²) in [5.41, 5.74) is 11.2. The molecule has 0 bridgehead atoms. The fraction of sp³-hybridized carbons (Fsp3) is 0.615. The van der Waals surface area contributed by atoms with E-state index in [0.29, 0.717) is 0 Å². The summed E-state index contributed by atoms with van der Waals surface area (Å²) in [7, 11) is 0. The molecular weight excluding hydrogens is 336 g/mol. The molecule has 1 fully saturated rings. The van der Waals surface area contributed by atoms with Crippen LogP contribution in [0.5, 0.6) is 0 Å². The van der Waals surface area contributed by atoms with Gasteiger partial charge in [0.25, 0.3) is 0 Å². The Morgan fingerprint density at radius 3 is 2.88 bits per heavy atom. The molecule has 0 spiro atoms. The van der Waals surface area contributed by atoms with E-state index < -0.39 is 48.3 Å². The number of esters is 1. The summed E-state index contributed by atoms with van der Waals surface area (Å²) in [6, 6.07) is 1.29.